The third-order valence-corrected chi connectivity index (χ3v) is 6.63. The number of terminal acetylenes is 1. The molecule has 3 N–H and O–H groups in total. The Bertz CT molecular complexity index is 769. The summed E-state index contributed by atoms with van der Waals surface area (Å²) in [6.07, 6.45) is 11.5. The molecule has 3 atom stereocenters. The van der Waals surface area contributed by atoms with Crippen LogP contribution < -0.4 is 16.0 Å². The Labute approximate surface area is 189 Å². The topological polar surface area (TPSA) is 125 Å². The largest absolute Gasteiger partial charge is 0.344 e. The van der Waals surface area contributed by atoms with Gasteiger partial charge < -0.3 is 20.9 Å². The number of carbonyl (C=O) groups excluding carboxylic acids is 5. The zero-order valence-corrected chi connectivity index (χ0v) is 18.9. The number of nitrogens with one attached hydrogen (secondary N) is 3. The Kier molecular flexibility index (Phi) is 9.24. The molecule has 4 amide bonds. The van der Waals surface area contributed by atoms with Gasteiger partial charge in [0.15, 0.2) is 6.29 Å². The van der Waals surface area contributed by atoms with E-state index in [9.17, 15) is 24.0 Å². The average Bonchev–Trinajstić information content (AvgIpc) is 3.29. The summed E-state index contributed by atoms with van der Waals surface area (Å²) in [5.41, 5.74) is -0.408. The number of urea groups is 1. The fraction of sp³-hybridized carbons (Fsp3) is 0.696. The molecule has 2 rings (SSSR count). The zero-order chi connectivity index (χ0) is 23.7. The van der Waals surface area contributed by atoms with E-state index in [1.807, 2.05) is 6.92 Å². The van der Waals surface area contributed by atoms with Gasteiger partial charge in [-0.25, -0.2) is 4.79 Å². The van der Waals surface area contributed by atoms with Crippen LogP contribution >= 0.6 is 0 Å². The Morgan fingerprint density at radius 2 is 1.84 bits per heavy atom. The van der Waals surface area contributed by atoms with Crippen molar-refractivity contribution in [3.63, 3.8) is 0 Å². The van der Waals surface area contributed by atoms with Gasteiger partial charge in [0.2, 0.25) is 17.6 Å². The van der Waals surface area contributed by atoms with Crippen molar-refractivity contribution < 1.29 is 24.0 Å². The second kappa shape index (κ2) is 11.7. The molecule has 0 aromatic rings. The molecule has 1 heterocycles. The molecule has 32 heavy (non-hydrogen) atoms. The van der Waals surface area contributed by atoms with E-state index in [1.54, 1.807) is 0 Å². The van der Waals surface area contributed by atoms with Crippen LogP contribution in [-0.4, -0.2) is 66.5 Å². The minimum absolute atomic E-state index is 0.152. The number of ketones is 1. The first kappa shape index (κ1) is 25.4. The third kappa shape index (κ3) is 6.09. The van der Waals surface area contributed by atoms with Crippen molar-refractivity contribution in [2.75, 3.05) is 13.6 Å². The Balaban J connectivity index is 2.20. The maximum atomic E-state index is 13.6. The summed E-state index contributed by atoms with van der Waals surface area (Å²) in [5, 5.41) is 7.92. The van der Waals surface area contributed by atoms with E-state index >= 15 is 0 Å². The van der Waals surface area contributed by atoms with Gasteiger partial charge in [-0.3, -0.25) is 19.2 Å². The number of Topliss-reactive ketones (excluding diaryl/α,β-unsaturated/α-hetero) is 1. The Hall–Kier alpha value is -2.89. The Morgan fingerprint density at radius 1 is 1.16 bits per heavy atom. The normalized spacial score (nSPS) is 21.5. The van der Waals surface area contributed by atoms with Crippen LogP contribution in [0.1, 0.15) is 64.7 Å². The van der Waals surface area contributed by atoms with Crippen LogP contribution in [0.4, 0.5) is 4.79 Å². The summed E-state index contributed by atoms with van der Waals surface area (Å²) < 4.78 is 0. The molecule has 9 nitrogen and oxygen atoms in total. The third-order valence-electron chi connectivity index (χ3n) is 6.63. The van der Waals surface area contributed by atoms with Gasteiger partial charge in [-0.1, -0.05) is 26.2 Å². The maximum absolute atomic E-state index is 13.6. The number of rotatable bonds is 9. The summed E-state index contributed by atoms with van der Waals surface area (Å²) in [7, 11) is 1.49. The molecule has 1 saturated heterocycles. The standard InChI is InChI=1S/C23H34N4O5/c1-4-5-10-16(18(29)15-28)25-20(30)17-11-9-14-27(17)21(31)19(26-22(32)24-3)23(2)12-7-6-8-13-23/h1,15-17,19H,5-14H2,2-3H3,(H,25,30)(H2,24,26,32). The van der Waals surface area contributed by atoms with Crippen LogP contribution in [0.25, 0.3) is 0 Å². The predicted molar refractivity (Wildman–Crippen MR) is 118 cm³/mol. The number of amides is 4. The van der Waals surface area contributed by atoms with Gasteiger partial charge in [0, 0.05) is 20.0 Å². The molecule has 9 heteroatoms. The first-order valence-corrected chi connectivity index (χ1v) is 11.3. The quantitative estimate of drug-likeness (QED) is 0.276. The van der Waals surface area contributed by atoms with Crippen LogP contribution in [0.15, 0.2) is 0 Å². The lowest BCUT2D eigenvalue weighted by molar-refractivity contribution is -0.143. The molecule has 0 aromatic heterocycles. The second-order valence-corrected chi connectivity index (χ2v) is 8.89. The lowest BCUT2D eigenvalue weighted by Gasteiger charge is -2.42. The van der Waals surface area contributed by atoms with Crippen molar-refractivity contribution in [3.8, 4) is 12.3 Å². The van der Waals surface area contributed by atoms with Crippen molar-refractivity contribution in [2.45, 2.75) is 82.8 Å². The minimum atomic E-state index is -1.01. The van der Waals surface area contributed by atoms with Crippen molar-refractivity contribution in [1.29, 1.82) is 0 Å². The maximum Gasteiger partial charge on any atom is 0.315 e. The number of hydrogen-bond donors (Lipinski definition) is 3. The second-order valence-electron chi connectivity index (χ2n) is 8.89. The smallest absolute Gasteiger partial charge is 0.315 e. The Morgan fingerprint density at radius 3 is 2.44 bits per heavy atom. The summed E-state index contributed by atoms with van der Waals surface area (Å²) in [4.78, 5) is 63.1. The zero-order valence-electron chi connectivity index (χ0n) is 18.9. The van der Waals surface area contributed by atoms with Crippen molar-refractivity contribution in [2.24, 2.45) is 5.41 Å². The molecular weight excluding hydrogens is 412 g/mol. The first-order valence-electron chi connectivity index (χ1n) is 11.3. The predicted octanol–water partition coefficient (Wildman–Crippen LogP) is 0.912. The van der Waals surface area contributed by atoms with Crippen LogP contribution in [0.2, 0.25) is 0 Å². The highest BCUT2D eigenvalue weighted by molar-refractivity contribution is 6.28. The van der Waals surface area contributed by atoms with Crippen LogP contribution in [-0.2, 0) is 19.2 Å². The van der Waals surface area contributed by atoms with Crippen molar-refractivity contribution >= 4 is 29.9 Å². The lowest BCUT2D eigenvalue weighted by Crippen LogP contribution is -2.60. The molecule has 0 aromatic carbocycles. The highest BCUT2D eigenvalue weighted by Crippen LogP contribution is 2.40. The number of nitrogens with zero attached hydrogens (tertiary/aromatic N) is 1. The molecule has 1 saturated carbocycles. The summed E-state index contributed by atoms with van der Waals surface area (Å²) in [6.45, 7) is 2.39. The summed E-state index contributed by atoms with van der Waals surface area (Å²) >= 11 is 0. The van der Waals surface area contributed by atoms with E-state index in [0.717, 1.165) is 32.1 Å². The van der Waals surface area contributed by atoms with E-state index in [4.69, 9.17) is 6.42 Å². The number of hydrogen-bond acceptors (Lipinski definition) is 5. The number of likely N-dealkylation sites (tertiary alicyclic amines) is 1. The van der Waals surface area contributed by atoms with E-state index in [1.165, 1.54) is 11.9 Å². The number of aldehydes is 1. The molecule has 0 bridgehead atoms. The molecule has 176 valence electrons. The van der Waals surface area contributed by atoms with E-state index < -0.39 is 41.3 Å². The van der Waals surface area contributed by atoms with Gasteiger partial charge in [0.05, 0.1) is 6.04 Å². The molecular formula is C23H34N4O5. The monoisotopic (exact) mass is 446 g/mol. The summed E-state index contributed by atoms with van der Waals surface area (Å²) in [5.74, 6) is 0.865. The summed E-state index contributed by atoms with van der Waals surface area (Å²) in [6, 6.07) is -2.98. The number of carbonyl (C=O) groups is 5. The lowest BCUT2D eigenvalue weighted by atomic mass is 9.70. The van der Waals surface area contributed by atoms with E-state index in [-0.39, 0.29) is 25.0 Å². The van der Waals surface area contributed by atoms with Gasteiger partial charge in [0.1, 0.15) is 12.1 Å². The fourth-order valence-electron chi connectivity index (χ4n) is 4.72. The van der Waals surface area contributed by atoms with Crippen molar-refractivity contribution in [1.82, 2.24) is 20.9 Å². The molecule has 1 aliphatic carbocycles. The van der Waals surface area contributed by atoms with Crippen LogP contribution in [0.5, 0.6) is 0 Å². The molecule has 1 aliphatic heterocycles. The van der Waals surface area contributed by atoms with Crippen LogP contribution in [0.3, 0.4) is 0 Å². The van der Waals surface area contributed by atoms with E-state index in [0.29, 0.717) is 19.4 Å². The minimum Gasteiger partial charge on any atom is -0.344 e. The first-order chi connectivity index (χ1) is 15.3. The van der Waals surface area contributed by atoms with Gasteiger partial charge in [-0.15, -0.1) is 12.3 Å². The van der Waals surface area contributed by atoms with Crippen LogP contribution in [0, 0.1) is 17.8 Å². The average molecular weight is 447 g/mol. The molecule has 2 fully saturated rings. The van der Waals surface area contributed by atoms with Gasteiger partial charge in [0.25, 0.3) is 0 Å². The molecule has 0 spiro atoms. The fourth-order valence-corrected chi connectivity index (χ4v) is 4.72. The van der Waals surface area contributed by atoms with Gasteiger partial charge in [-0.2, -0.15) is 0 Å². The molecule has 0 radical (unpaired) electrons. The highest BCUT2D eigenvalue weighted by atomic mass is 16.2. The highest BCUT2D eigenvalue weighted by Gasteiger charge is 2.46. The van der Waals surface area contributed by atoms with Gasteiger partial charge >= 0.3 is 6.03 Å². The SMILES string of the molecule is C#CCCC(NC(=O)C1CCCN1C(=O)C(NC(=O)NC)C1(C)CCCCC1)C(=O)C=O. The van der Waals surface area contributed by atoms with Crippen molar-refractivity contribution in [3.05, 3.63) is 0 Å². The van der Waals surface area contributed by atoms with Gasteiger partial charge in [-0.05, 0) is 37.5 Å². The molecule has 3 unspecified atom stereocenters. The molecule has 2 aliphatic rings. The van der Waals surface area contributed by atoms with E-state index in [2.05, 4.69) is 21.9 Å².